The molecular formula is C13H16N2O3S. The predicted molar refractivity (Wildman–Crippen MR) is 74.6 cm³/mol. The lowest BCUT2D eigenvalue weighted by Crippen LogP contribution is -2.42. The number of carboxylic acid groups (broad SMARTS) is 1. The van der Waals surface area contributed by atoms with Gasteiger partial charge in [-0.2, -0.15) is 0 Å². The van der Waals surface area contributed by atoms with Crippen molar-refractivity contribution in [3.8, 4) is 0 Å². The van der Waals surface area contributed by atoms with Crippen LogP contribution in [0.25, 0.3) is 0 Å². The minimum absolute atomic E-state index is 0.346. The number of thioether (sulfide) groups is 1. The van der Waals surface area contributed by atoms with Gasteiger partial charge in [0.1, 0.15) is 6.04 Å². The first kappa shape index (κ1) is 13.7. The Morgan fingerprint density at radius 2 is 2.05 bits per heavy atom. The molecule has 1 aromatic rings. The Balaban J connectivity index is 2.01. The number of hydrogen-bond donors (Lipinski definition) is 2. The van der Waals surface area contributed by atoms with Gasteiger partial charge in [0.2, 0.25) is 0 Å². The number of carbonyl (C=O) groups excluding carboxylic acids is 1. The summed E-state index contributed by atoms with van der Waals surface area (Å²) in [5, 5.41) is 11.8. The fraction of sp³-hybridized carbons (Fsp3) is 0.385. The lowest BCUT2D eigenvalue weighted by molar-refractivity contribution is -0.141. The fourth-order valence-corrected chi connectivity index (χ4v) is 2.54. The van der Waals surface area contributed by atoms with Crippen LogP contribution < -0.4 is 5.32 Å². The highest BCUT2D eigenvalue weighted by molar-refractivity contribution is 7.98. The van der Waals surface area contributed by atoms with Gasteiger partial charge < -0.3 is 15.3 Å². The van der Waals surface area contributed by atoms with Crippen LogP contribution in [0.1, 0.15) is 12.8 Å². The number of anilines is 1. The lowest BCUT2D eigenvalue weighted by atomic mass is 10.2. The number of likely N-dealkylation sites (tertiary alicyclic amines) is 1. The highest BCUT2D eigenvalue weighted by atomic mass is 32.2. The van der Waals surface area contributed by atoms with Crippen LogP contribution in [0.15, 0.2) is 29.2 Å². The van der Waals surface area contributed by atoms with E-state index in [4.69, 9.17) is 5.11 Å². The molecule has 6 heteroatoms. The van der Waals surface area contributed by atoms with E-state index >= 15 is 0 Å². The standard InChI is InChI=1S/C13H16N2O3S/c1-19-10-6-4-9(5-7-10)14-13(18)15-8-2-3-11(15)12(16)17/h4-7,11H,2-3,8H2,1H3,(H,14,18)(H,16,17). The molecule has 1 atom stereocenters. The number of amides is 2. The summed E-state index contributed by atoms with van der Waals surface area (Å²) >= 11 is 1.63. The van der Waals surface area contributed by atoms with E-state index in [0.29, 0.717) is 18.7 Å². The quantitative estimate of drug-likeness (QED) is 0.835. The molecule has 0 bridgehead atoms. The monoisotopic (exact) mass is 280 g/mol. The van der Waals surface area contributed by atoms with Crippen LogP contribution in [0.2, 0.25) is 0 Å². The number of rotatable bonds is 3. The molecule has 0 aliphatic carbocycles. The van der Waals surface area contributed by atoms with Crippen LogP contribution in [0.4, 0.5) is 10.5 Å². The van der Waals surface area contributed by atoms with Crippen molar-refractivity contribution in [1.82, 2.24) is 4.90 Å². The lowest BCUT2D eigenvalue weighted by Gasteiger charge is -2.21. The van der Waals surface area contributed by atoms with Crippen molar-refractivity contribution in [1.29, 1.82) is 0 Å². The number of nitrogens with one attached hydrogen (secondary N) is 1. The first-order valence-electron chi connectivity index (χ1n) is 6.06. The van der Waals surface area contributed by atoms with Gasteiger partial charge in [-0.15, -0.1) is 11.8 Å². The van der Waals surface area contributed by atoms with Gasteiger partial charge in [0, 0.05) is 17.1 Å². The van der Waals surface area contributed by atoms with E-state index in [2.05, 4.69) is 5.32 Å². The molecule has 0 saturated carbocycles. The zero-order valence-corrected chi connectivity index (χ0v) is 11.4. The molecular weight excluding hydrogens is 264 g/mol. The van der Waals surface area contributed by atoms with E-state index in [1.165, 1.54) is 4.90 Å². The second-order valence-corrected chi connectivity index (χ2v) is 5.23. The van der Waals surface area contributed by atoms with Crippen molar-refractivity contribution in [3.63, 3.8) is 0 Å². The molecule has 1 heterocycles. The molecule has 1 saturated heterocycles. The Morgan fingerprint density at radius 3 is 2.63 bits per heavy atom. The zero-order valence-electron chi connectivity index (χ0n) is 10.6. The summed E-state index contributed by atoms with van der Waals surface area (Å²) in [4.78, 5) is 25.6. The van der Waals surface area contributed by atoms with E-state index in [9.17, 15) is 9.59 Å². The maximum Gasteiger partial charge on any atom is 0.326 e. The van der Waals surface area contributed by atoms with Crippen LogP contribution in [0.5, 0.6) is 0 Å². The van der Waals surface area contributed by atoms with Crippen LogP contribution in [0, 0.1) is 0 Å². The summed E-state index contributed by atoms with van der Waals surface area (Å²) in [5.74, 6) is -0.939. The van der Waals surface area contributed by atoms with E-state index < -0.39 is 12.0 Å². The molecule has 1 aliphatic heterocycles. The van der Waals surface area contributed by atoms with Gasteiger partial charge in [0.15, 0.2) is 0 Å². The van der Waals surface area contributed by atoms with Crippen LogP contribution in [0.3, 0.4) is 0 Å². The van der Waals surface area contributed by atoms with Crippen LogP contribution in [-0.2, 0) is 4.79 Å². The smallest absolute Gasteiger partial charge is 0.326 e. The average Bonchev–Trinajstić information content (AvgIpc) is 2.89. The average molecular weight is 280 g/mol. The van der Waals surface area contributed by atoms with Crippen molar-refractivity contribution in [2.45, 2.75) is 23.8 Å². The summed E-state index contributed by atoms with van der Waals surface area (Å²) < 4.78 is 0. The van der Waals surface area contributed by atoms with Crippen LogP contribution in [-0.4, -0.2) is 40.8 Å². The molecule has 2 amide bonds. The molecule has 19 heavy (non-hydrogen) atoms. The zero-order chi connectivity index (χ0) is 13.8. The minimum atomic E-state index is -0.939. The van der Waals surface area contributed by atoms with E-state index in [-0.39, 0.29) is 6.03 Å². The molecule has 2 N–H and O–H groups in total. The molecule has 1 fully saturated rings. The first-order valence-corrected chi connectivity index (χ1v) is 7.29. The number of aliphatic carboxylic acids is 1. The third-order valence-corrected chi connectivity index (χ3v) is 3.88. The first-order chi connectivity index (χ1) is 9.11. The van der Waals surface area contributed by atoms with Crippen molar-refractivity contribution < 1.29 is 14.7 Å². The largest absolute Gasteiger partial charge is 0.480 e. The Labute approximate surface area is 116 Å². The topological polar surface area (TPSA) is 69.6 Å². The van der Waals surface area contributed by atoms with Gasteiger partial charge >= 0.3 is 12.0 Å². The summed E-state index contributed by atoms with van der Waals surface area (Å²) in [6, 6.07) is 6.41. The van der Waals surface area contributed by atoms with Crippen molar-refractivity contribution >= 4 is 29.4 Å². The summed E-state index contributed by atoms with van der Waals surface area (Å²) in [5.41, 5.74) is 0.679. The molecule has 5 nitrogen and oxygen atoms in total. The van der Waals surface area contributed by atoms with Crippen LogP contribution >= 0.6 is 11.8 Å². The molecule has 2 rings (SSSR count). The molecule has 0 aromatic heterocycles. The van der Waals surface area contributed by atoms with E-state index in [1.54, 1.807) is 11.8 Å². The molecule has 0 spiro atoms. The summed E-state index contributed by atoms with van der Waals surface area (Å²) in [7, 11) is 0. The second kappa shape index (κ2) is 5.97. The van der Waals surface area contributed by atoms with Gasteiger partial charge in [-0.3, -0.25) is 0 Å². The van der Waals surface area contributed by atoms with Gasteiger partial charge in [0.05, 0.1) is 0 Å². The normalized spacial score (nSPS) is 18.4. The number of carbonyl (C=O) groups is 2. The third-order valence-electron chi connectivity index (χ3n) is 3.14. The Kier molecular flexibility index (Phi) is 4.31. The van der Waals surface area contributed by atoms with E-state index in [0.717, 1.165) is 11.3 Å². The molecule has 1 aromatic carbocycles. The Morgan fingerprint density at radius 1 is 1.37 bits per heavy atom. The maximum atomic E-state index is 12.0. The second-order valence-electron chi connectivity index (χ2n) is 4.35. The minimum Gasteiger partial charge on any atom is -0.480 e. The summed E-state index contributed by atoms with van der Waals surface area (Å²) in [6.45, 7) is 0.492. The highest BCUT2D eigenvalue weighted by Crippen LogP contribution is 2.21. The van der Waals surface area contributed by atoms with Gasteiger partial charge in [0.25, 0.3) is 0 Å². The van der Waals surface area contributed by atoms with Crippen molar-refractivity contribution in [3.05, 3.63) is 24.3 Å². The summed E-state index contributed by atoms with van der Waals surface area (Å²) in [6.07, 6.45) is 3.24. The molecule has 1 aliphatic rings. The number of benzene rings is 1. The number of nitrogens with zero attached hydrogens (tertiary/aromatic N) is 1. The Hall–Kier alpha value is -1.69. The van der Waals surface area contributed by atoms with Crippen molar-refractivity contribution in [2.75, 3.05) is 18.1 Å². The predicted octanol–water partition coefficient (Wildman–Crippen LogP) is 2.49. The fourth-order valence-electron chi connectivity index (χ4n) is 2.14. The number of carboxylic acids is 1. The maximum absolute atomic E-state index is 12.0. The number of urea groups is 1. The molecule has 102 valence electrons. The van der Waals surface area contributed by atoms with Gasteiger partial charge in [-0.05, 0) is 43.4 Å². The third kappa shape index (κ3) is 3.20. The van der Waals surface area contributed by atoms with E-state index in [1.807, 2.05) is 30.5 Å². The molecule has 0 radical (unpaired) electrons. The number of hydrogen-bond acceptors (Lipinski definition) is 3. The van der Waals surface area contributed by atoms with Crippen molar-refractivity contribution in [2.24, 2.45) is 0 Å². The Bertz CT molecular complexity index is 475. The van der Waals surface area contributed by atoms with Gasteiger partial charge in [-0.25, -0.2) is 9.59 Å². The SMILES string of the molecule is CSc1ccc(NC(=O)N2CCCC2C(=O)O)cc1. The van der Waals surface area contributed by atoms with Gasteiger partial charge in [-0.1, -0.05) is 0 Å². The molecule has 1 unspecified atom stereocenters. The highest BCUT2D eigenvalue weighted by Gasteiger charge is 2.33.